The summed E-state index contributed by atoms with van der Waals surface area (Å²) >= 11 is 7.43. The number of rotatable bonds is 5. The number of hydrogen-bond donors (Lipinski definition) is 1. The molecule has 1 aromatic carbocycles. The van der Waals surface area contributed by atoms with Crippen LogP contribution in [-0.2, 0) is 9.53 Å². The van der Waals surface area contributed by atoms with Crippen LogP contribution in [-0.4, -0.2) is 39.6 Å². The molecule has 2 aromatic rings. The highest BCUT2D eigenvalue weighted by molar-refractivity contribution is 7.99. The zero-order valence-corrected chi connectivity index (χ0v) is 13.0. The second kappa shape index (κ2) is 5.87. The van der Waals surface area contributed by atoms with Crippen LogP contribution in [0.5, 0.6) is 0 Å². The molecule has 0 saturated heterocycles. The van der Waals surface area contributed by atoms with Crippen LogP contribution < -0.4 is 0 Å². The van der Waals surface area contributed by atoms with E-state index in [-0.39, 0.29) is 17.9 Å². The van der Waals surface area contributed by atoms with Crippen molar-refractivity contribution in [2.75, 3.05) is 12.9 Å². The van der Waals surface area contributed by atoms with Gasteiger partial charge in [-0.1, -0.05) is 29.4 Å². The second-order valence-electron chi connectivity index (χ2n) is 5.04. The lowest BCUT2D eigenvalue weighted by Gasteiger charge is -2.36. The van der Waals surface area contributed by atoms with E-state index in [0.717, 1.165) is 23.9 Å². The molecule has 5 nitrogen and oxygen atoms in total. The van der Waals surface area contributed by atoms with Crippen molar-refractivity contribution in [1.82, 2.24) is 9.55 Å². The van der Waals surface area contributed by atoms with Crippen LogP contribution in [0.2, 0.25) is 5.02 Å². The summed E-state index contributed by atoms with van der Waals surface area (Å²) in [5, 5.41) is 10.2. The Balaban J connectivity index is 1.99. The Morgan fingerprint density at radius 1 is 1.57 bits per heavy atom. The molecule has 1 heterocycles. The number of nitrogens with zero attached hydrogens (tertiary/aromatic N) is 2. The highest BCUT2D eigenvalue weighted by Crippen LogP contribution is 2.40. The average molecular weight is 327 g/mol. The Labute approximate surface area is 131 Å². The molecule has 0 atom stereocenters. The largest absolute Gasteiger partial charge is 0.481 e. The van der Waals surface area contributed by atoms with Gasteiger partial charge < -0.3 is 14.4 Å². The van der Waals surface area contributed by atoms with Gasteiger partial charge in [0.25, 0.3) is 0 Å². The molecule has 1 saturated carbocycles. The van der Waals surface area contributed by atoms with Crippen molar-refractivity contribution in [3.05, 3.63) is 23.2 Å². The maximum atomic E-state index is 10.8. The van der Waals surface area contributed by atoms with Gasteiger partial charge in [0.2, 0.25) is 0 Å². The predicted molar refractivity (Wildman–Crippen MR) is 82.2 cm³/mol. The number of carboxylic acids is 1. The van der Waals surface area contributed by atoms with Gasteiger partial charge in [-0.05, 0) is 25.0 Å². The van der Waals surface area contributed by atoms with Gasteiger partial charge in [-0.2, -0.15) is 0 Å². The first kappa shape index (κ1) is 14.7. The van der Waals surface area contributed by atoms with Crippen molar-refractivity contribution in [3.63, 3.8) is 0 Å². The van der Waals surface area contributed by atoms with E-state index in [0.29, 0.717) is 10.2 Å². The van der Waals surface area contributed by atoms with Crippen LogP contribution in [0.25, 0.3) is 11.0 Å². The molecule has 0 aliphatic heterocycles. The molecule has 1 aliphatic rings. The van der Waals surface area contributed by atoms with Gasteiger partial charge in [0.15, 0.2) is 5.16 Å². The number of hydrogen-bond acceptors (Lipinski definition) is 4. The van der Waals surface area contributed by atoms with E-state index in [1.807, 2.05) is 12.1 Å². The molecular weight excluding hydrogens is 312 g/mol. The molecule has 0 radical (unpaired) electrons. The average Bonchev–Trinajstić information content (AvgIpc) is 2.76. The van der Waals surface area contributed by atoms with Crippen molar-refractivity contribution in [3.8, 4) is 0 Å². The number of ether oxygens (including phenoxy) is 1. The SMILES string of the molecule is COC1CC(n2c(SCC(=O)O)nc3c(Cl)cccc32)C1. The highest BCUT2D eigenvalue weighted by atomic mass is 35.5. The Bertz CT molecular complexity index is 682. The summed E-state index contributed by atoms with van der Waals surface area (Å²) in [5.74, 6) is -0.866. The number of imidazole rings is 1. The summed E-state index contributed by atoms with van der Waals surface area (Å²) in [4.78, 5) is 15.3. The fourth-order valence-corrected chi connectivity index (χ4v) is 3.59. The lowest BCUT2D eigenvalue weighted by Crippen LogP contribution is -2.32. The summed E-state index contributed by atoms with van der Waals surface area (Å²) in [5.41, 5.74) is 1.68. The zero-order valence-electron chi connectivity index (χ0n) is 11.5. The van der Waals surface area contributed by atoms with E-state index in [1.165, 1.54) is 11.8 Å². The number of carboxylic acid groups (broad SMARTS) is 1. The molecule has 1 fully saturated rings. The third-order valence-corrected chi connectivity index (χ3v) is 4.97. The van der Waals surface area contributed by atoms with Crippen LogP contribution in [0.1, 0.15) is 18.9 Å². The van der Waals surface area contributed by atoms with Crippen LogP contribution in [0, 0.1) is 0 Å². The van der Waals surface area contributed by atoms with E-state index in [4.69, 9.17) is 21.4 Å². The maximum absolute atomic E-state index is 10.8. The molecular formula is C14H15ClN2O3S. The number of benzene rings is 1. The molecule has 0 unspecified atom stereocenters. The molecule has 112 valence electrons. The van der Waals surface area contributed by atoms with E-state index < -0.39 is 5.97 Å². The van der Waals surface area contributed by atoms with Crippen LogP contribution in [0.15, 0.2) is 23.4 Å². The Kier molecular flexibility index (Phi) is 4.10. The lowest BCUT2D eigenvalue weighted by molar-refractivity contribution is -0.133. The fraction of sp³-hybridized carbons (Fsp3) is 0.429. The third-order valence-electron chi connectivity index (χ3n) is 3.73. The molecule has 0 bridgehead atoms. The minimum atomic E-state index is -0.854. The first-order chi connectivity index (χ1) is 10.1. The normalized spacial score (nSPS) is 21.4. The molecule has 0 amide bonds. The first-order valence-electron chi connectivity index (χ1n) is 6.64. The van der Waals surface area contributed by atoms with E-state index in [2.05, 4.69) is 9.55 Å². The Morgan fingerprint density at radius 3 is 3.00 bits per heavy atom. The van der Waals surface area contributed by atoms with E-state index in [9.17, 15) is 4.79 Å². The standard InChI is InChI=1S/C14H15ClN2O3S/c1-20-9-5-8(6-9)17-11-4-2-3-10(15)13(11)16-14(17)21-7-12(18)19/h2-4,8-9H,5-7H2,1H3,(H,18,19). The lowest BCUT2D eigenvalue weighted by atomic mass is 9.89. The van der Waals surface area contributed by atoms with E-state index >= 15 is 0 Å². The number of fused-ring (bicyclic) bond motifs is 1. The number of halogens is 1. The fourth-order valence-electron chi connectivity index (χ4n) is 2.58. The number of aromatic nitrogens is 2. The van der Waals surface area contributed by atoms with Crippen molar-refractivity contribution in [1.29, 1.82) is 0 Å². The highest BCUT2D eigenvalue weighted by Gasteiger charge is 2.33. The number of aliphatic carboxylic acids is 1. The first-order valence-corrected chi connectivity index (χ1v) is 8.00. The van der Waals surface area contributed by atoms with Crippen LogP contribution >= 0.6 is 23.4 Å². The van der Waals surface area contributed by atoms with Crippen molar-refractivity contribution >= 4 is 40.4 Å². The summed E-state index contributed by atoms with van der Waals surface area (Å²) in [6.07, 6.45) is 2.09. The van der Waals surface area contributed by atoms with E-state index in [1.54, 1.807) is 13.2 Å². The summed E-state index contributed by atoms with van der Waals surface area (Å²) < 4.78 is 7.43. The minimum Gasteiger partial charge on any atom is -0.481 e. The number of carbonyl (C=O) groups is 1. The van der Waals surface area contributed by atoms with Gasteiger partial charge >= 0.3 is 5.97 Å². The van der Waals surface area contributed by atoms with Gasteiger partial charge in [0, 0.05) is 13.2 Å². The van der Waals surface area contributed by atoms with Gasteiger partial charge in [-0.3, -0.25) is 4.79 Å². The maximum Gasteiger partial charge on any atom is 0.313 e. The third kappa shape index (κ3) is 2.75. The van der Waals surface area contributed by atoms with Crippen LogP contribution in [0.4, 0.5) is 0 Å². The number of thioether (sulfide) groups is 1. The summed E-state index contributed by atoms with van der Waals surface area (Å²) in [6.45, 7) is 0. The second-order valence-corrected chi connectivity index (χ2v) is 6.39. The summed E-state index contributed by atoms with van der Waals surface area (Å²) in [7, 11) is 1.71. The van der Waals surface area contributed by atoms with Gasteiger partial charge in [-0.15, -0.1) is 0 Å². The van der Waals surface area contributed by atoms with Crippen molar-refractivity contribution < 1.29 is 14.6 Å². The number of para-hydroxylation sites is 1. The smallest absolute Gasteiger partial charge is 0.313 e. The van der Waals surface area contributed by atoms with Gasteiger partial charge in [0.1, 0.15) is 5.52 Å². The monoisotopic (exact) mass is 326 g/mol. The van der Waals surface area contributed by atoms with Gasteiger partial charge in [-0.25, -0.2) is 4.98 Å². The molecule has 21 heavy (non-hydrogen) atoms. The van der Waals surface area contributed by atoms with Crippen molar-refractivity contribution in [2.45, 2.75) is 30.1 Å². The van der Waals surface area contributed by atoms with Crippen LogP contribution in [0.3, 0.4) is 0 Å². The molecule has 1 aromatic heterocycles. The molecule has 1 aliphatic carbocycles. The molecule has 7 heteroatoms. The summed E-state index contributed by atoms with van der Waals surface area (Å²) in [6, 6.07) is 5.95. The molecule has 3 rings (SSSR count). The quantitative estimate of drug-likeness (QED) is 0.855. The molecule has 1 N–H and O–H groups in total. The zero-order chi connectivity index (χ0) is 15.0. The topological polar surface area (TPSA) is 64.3 Å². The van der Waals surface area contributed by atoms with Gasteiger partial charge in [0.05, 0.1) is 22.4 Å². The Morgan fingerprint density at radius 2 is 2.33 bits per heavy atom. The molecule has 0 spiro atoms. The number of methoxy groups -OCH3 is 1. The predicted octanol–water partition coefficient (Wildman–Crippen LogP) is 3.22. The minimum absolute atomic E-state index is 0.0125. The Hall–Kier alpha value is -1.24. The van der Waals surface area contributed by atoms with Crippen molar-refractivity contribution in [2.24, 2.45) is 0 Å².